The molecule has 0 aromatic heterocycles. The molecule has 0 aliphatic carbocycles. The van der Waals surface area contributed by atoms with Crippen LogP contribution < -0.4 is 5.48 Å². The molecule has 0 radical (unpaired) electrons. The van der Waals surface area contributed by atoms with E-state index in [1.54, 1.807) is 46.8 Å². The van der Waals surface area contributed by atoms with Crippen LogP contribution in [-0.4, -0.2) is 41.9 Å². The molecule has 0 saturated carbocycles. The van der Waals surface area contributed by atoms with Gasteiger partial charge in [-0.1, -0.05) is 30.3 Å². The van der Waals surface area contributed by atoms with E-state index in [0.29, 0.717) is 24.2 Å². The number of benzene rings is 2. The number of hydrogen-bond donors (Lipinski definition) is 2. The van der Waals surface area contributed by atoms with Gasteiger partial charge in [0.2, 0.25) is 0 Å². The van der Waals surface area contributed by atoms with Gasteiger partial charge in [-0.15, -0.1) is 0 Å². The molecule has 2 aromatic carbocycles. The van der Waals surface area contributed by atoms with Crippen molar-refractivity contribution in [1.29, 1.82) is 0 Å². The van der Waals surface area contributed by atoms with Gasteiger partial charge in [0, 0.05) is 18.7 Å². The molecule has 0 heterocycles. The molecular weight excluding hydrogens is 336 g/mol. The first kappa shape index (κ1) is 19.3. The highest BCUT2D eigenvalue weighted by Gasteiger charge is 2.13. The van der Waals surface area contributed by atoms with Crippen LogP contribution in [0, 0.1) is 0 Å². The minimum atomic E-state index is -0.555. The van der Waals surface area contributed by atoms with Gasteiger partial charge in [0.05, 0.1) is 19.2 Å². The SMILES string of the molecule is COC(=O)c1cccc(CN(CC(=O)NO)Cc2cccc(C=O)c2)c1. The summed E-state index contributed by atoms with van der Waals surface area (Å²) in [6, 6.07) is 14.0. The zero-order valence-electron chi connectivity index (χ0n) is 14.3. The van der Waals surface area contributed by atoms with Gasteiger partial charge in [-0.25, -0.2) is 10.3 Å². The minimum absolute atomic E-state index is 0.0513. The molecule has 0 fully saturated rings. The predicted octanol–water partition coefficient (Wildman–Crippen LogP) is 1.79. The number of hydrogen-bond acceptors (Lipinski definition) is 6. The van der Waals surface area contributed by atoms with Crippen molar-refractivity contribution in [1.82, 2.24) is 10.4 Å². The topological polar surface area (TPSA) is 95.9 Å². The van der Waals surface area contributed by atoms with Crippen LogP contribution >= 0.6 is 0 Å². The van der Waals surface area contributed by atoms with E-state index in [9.17, 15) is 14.4 Å². The summed E-state index contributed by atoms with van der Waals surface area (Å²) >= 11 is 0. The second kappa shape index (κ2) is 9.45. The van der Waals surface area contributed by atoms with Crippen molar-refractivity contribution in [3.8, 4) is 0 Å². The third-order valence-electron chi connectivity index (χ3n) is 3.74. The fourth-order valence-corrected chi connectivity index (χ4v) is 2.60. The number of carbonyl (C=O) groups excluding carboxylic acids is 3. The van der Waals surface area contributed by atoms with Crippen LogP contribution in [-0.2, 0) is 22.6 Å². The number of aldehydes is 1. The van der Waals surface area contributed by atoms with Crippen LogP contribution in [0.25, 0.3) is 0 Å². The lowest BCUT2D eigenvalue weighted by Gasteiger charge is -2.22. The molecular formula is C19H20N2O5. The first-order chi connectivity index (χ1) is 12.5. The third-order valence-corrected chi connectivity index (χ3v) is 3.74. The highest BCUT2D eigenvalue weighted by molar-refractivity contribution is 5.89. The highest BCUT2D eigenvalue weighted by Crippen LogP contribution is 2.13. The molecule has 26 heavy (non-hydrogen) atoms. The Balaban J connectivity index is 2.20. The van der Waals surface area contributed by atoms with Crippen LogP contribution in [0.3, 0.4) is 0 Å². The molecule has 136 valence electrons. The molecule has 0 aliphatic heterocycles. The Bertz CT molecular complexity index is 791. The fourth-order valence-electron chi connectivity index (χ4n) is 2.60. The van der Waals surface area contributed by atoms with E-state index in [2.05, 4.69) is 0 Å². The molecule has 2 N–H and O–H groups in total. The van der Waals surface area contributed by atoms with Crippen LogP contribution in [0.5, 0.6) is 0 Å². The lowest BCUT2D eigenvalue weighted by Crippen LogP contribution is -2.35. The average molecular weight is 356 g/mol. The monoisotopic (exact) mass is 356 g/mol. The Morgan fingerprint density at radius 2 is 1.77 bits per heavy atom. The van der Waals surface area contributed by atoms with Crippen LogP contribution in [0.15, 0.2) is 48.5 Å². The summed E-state index contributed by atoms with van der Waals surface area (Å²) in [4.78, 5) is 36.0. The molecule has 0 aliphatic rings. The number of ether oxygens (including phenoxy) is 1. The largest absolute Gasteiger partial charge is 0.465 e. The van der Waals surface area contributed by atoms with E-state index in [1.807, 2.05) is 12.1 Å². The maximum absolute atomic E-state index is 11.7. The Labute approximate surface area is 151 Å². The summed E-state index contributed by atoms with van der Waals surface area (Å²) < 4.78 is 4.72. The summed E-state index contributed by atoms with van der Waals surface area (Å²) in [5, 5.41) is 8.81. The standard InChI is InChI=1S/C19H20N2O5/c1-26-19(24)17-7-3-5-15(9-17)11-21(12-18(23)20-25)10-14-4-2-6-16(8-14)13-22/h2-9,13,25H,10-12H2,1H3,(H,20,23). The highest BCUT2D eigenvalue weighted by atomic mass is 16.5. The van der Waals surface area contributed by atoms with E-state index in [-0.39, 0.29) is 6.54 Å². The zero-order valence-corrected chi connectivity index (χ0v) is 14.3. The van der Waals surface area contributed by atoms with E-state index >= 15 is 0 Å². The van der Waals surface area contributed by atoms with Crippen LogP contribution in [0.1, 0.15) is 31.8 Å². The number of hydroxylamine groups is 1. The molecule has 7 heteroatoms. The van der Waals surface area contributed by atoms with Crippen LogP contribution in [0.4, 0.5) is 0 Å². The first-order valence-corrected chi connectivity index (χ1v) is 7.92. The lowest BCUT2D eigenvalue weighted by atomic mass is 10.1. The zero-order chi connectivity index (χ0) is 18.9. The summed E-state index contributed by atoms with van der Waals surface area (Å²) in [5.74, 6) is -0.995. The van der Waals surface area contributed by atoms with Gasteiger partial charge in [-0.3, -0.25) is 19.7 Å². The van der Waals surface area contributed by atoms with Gasteiger partial charge >= 0.3 is 5.97 Å². The van der Waals surface area contributed by atoms with Crippen molar-refractivity contribution in [2.24, 2.45) is 0 Å². The Hall–Kier alpha value is -3.03. The Morgan fingerprint density at radius 1 is 1.12 bits per heavy atom. The Morgan fingerprint density at radius 3 is 2.38 bits per heavy atom. The molecule has 7 nitrogen and oxygen atoms in total. The molecule has 0 spiro atoms. The number of amides is 1. The number of methoxy groups -OCH3 is 1. The van der Waals surface area contributed by atoms with E-state index < -0.39 is 11.9 Å². The fraction of sp³-hybridized carbons (Fsp3) is 0.211. The molecule has 0 unspecified atom stereocenters. The predicted molar refractivity (Wildman–Crippen MR) is 93.7 cm³/mol. The summed E-state index contributed by atoms with van der Waals surface area (Å²) in [5.41, 5.74) is 4.24. The van der Waals surface area contributed by atoms with Crippen molar-refractivity contribution >= 4 is 18.2 Å². The van der Waals surface area contributed by atoms with Gasteiger partial charge in [-0.05, 0) is 29.3 Å². The maximum Gasteiger partial charge on any atom is 0.337 e. The number of rotatable bonds is 8. The summed E-state index contributed by atoms with van der Waals surface area (Å²) in [6.07, 6.45) is 0.758. The number of nitrogens with zero attached hydrogens (tertiary/aromatic N) is 1. The second-order valence-corrected chi connectivity index (χ2v) is 5.73. The van der Waals surface area contributed by atoms with Gasteiger partial charge in [-0.2, -0.15) is 0 Å². The average Bonchev–Trinajstić information content (AvgIpc) is 2.67. The van der Waals surface area contributed by atoms with E-state index in [1.165, 1.54) is 7.11 Å². The van der Waals surface area contributed by atoms with Crippen molar-refractivity contribution in [2.45, 2.75) is 13.1 Å². The smallest absolute Gasteiger partial charge is 0.337 e. The lowest BCUT2D eigenvalue weighted by molar-refractivity contribution is -0.130. The summed E-state index contributed by atoms with van der Waals surface area (Å²) in [6.45, 7) is 0.700. The minimum Gasteiger partial charge on any atom is -0.465 e. The van der Waals surface area contributed by atoms with Crippen molar-refractivity contribution in [2.75, 3.05) is 13.7 Å². The van der Waals surface area contributed by atoms with Crippen molar-refractivity contribution in [3.05, 3.63) is 70.8 Å². The molecule has 2 rings (SSSR count). The van der Waals surface area contributed by atoms with Gasteiger partial charge in [0.25, 0.3) is 5.91 Å². The van der Waals surface area contributed by atoms with E-state index in [4.69, 9.17) is 9.94 Å². The molecule has 0 bridgehead atoms. The van der Waals surface area contributed by atoms with Gasteiger partial charge < -0.3 is 4.74 Å². The number of esters is 1. The first-order valence-electron chi connectivity index (χ1n) is 7.92. The van der Waals surface area contributed by atoms with E-state index in [0.717, 1.165) is 17.4 Å². The normalized spacial score (nSPS) is 10.4. The van der Waals surface area contributed by atoms with Crippen molar-refractivity contribution in [3.63, 3.8) is 0 Å². The quantitative estimate of drug-likeness (QED) is 0.324. The molecule has 1 amide bonds. The maximum atomic E-state index is 11.7. The van der Waals surface area contributed by atoms with Gasteiger partial charge in [0.1, 0.15) is 6.29 Å². The van der Waals surface area contributed by atoms with Crippen molar-refractivity contribution < 1.29 is 24.3 Å². The molecule has 0 saturated heterocycles. The molecule has 2 aromatic rings. The summed E-state index contributed by atoms with van der Waals surface area (Å²) in [7, 11) is 1.31. The molecule has 0 atom stereocenters. The third kappa shape index (κ3) is 5.51. The second-order valence-electron chi connectivity index (χ2n) is 5.73. The number of carbonyl (C=O) groups is 3. The van der Waals surface area contributed by atoms with Crippen LogP contribution in [0.2, 0.25) is 0 Å². The van der Waals surface area contributed by atoms with Gasteiger partial charge in [0.15, 0.2) is 0 Å². The Kier molecular flexibility index (Phi) is 7.02. The number of nitrogens with one attached hydrogen (secondary N) is 1.